The summed E-state index contributed by atoms with van der Waals surface area (Å²) in [7, 11) is 0. The summed E-state index contributed by atoms with van der Waals surface area (Å²) in [5.74, 6) is 0.741. The fraction of sp³-hybridized carbons (Fsp3) is 1.00. The molecule has 0 bridgehead atoms. The number of ether oxygens (including phenoxy) is 1. The quantitative estimate of drug-likeness (QED) is 0.830. The van der Waals surface area contributed by atoms with Crippen LogP contribution in [-0.4, -0.2) is 41.1 Å². The molecule has 1 aliphatic carbocycles. The Labute approximate surface area is 119 Å². The van der Waals surface area contributed by atoms with Gasteiger partial charge in [-0.2, -0.15) is 0 Å². The maximum atomic E-state index is 9.08. The van der Waals surface area contributed by atoms with Crippen molar-refractivity contribution in [3.05, 3.63) is 0 Å². The molecule has 4 N–H and O–H groups in total. The minimum Gasteiger partial charge on any atom is -0.412 e. The number of aliphatic hydroxyl groups excluding tert-OH is 2. The van der Waals surface area contributed by atoms with E-state index in [-0.39, 0.29) is 18.7 Å². The summed E-state index contributed by atoms with van der Waals surface area (Å²) in [5, 5.41) is 17.7. The second kappa shape index (κ2) is 17.8. The molecule has 4 nitrogen and oxygen atoms in total. The molecule has 1 rings (SSSR count). The predicted molar refractivity (Wildman–Crippen MR) is 81.4 cm³/mol. The summed E-state index contributed by atoms with van der Waals surface area (Å²) in [6.07, 6.45) is 5.55. The summed E-state index contributed by atoms with van der Waals surface area (Å²) in [6.45, 7) is 10.5. The fourth-order valence-corrected chi connectivity index (χ4v) is 1.83. The largest absolute Gasteiger partial charge is 0.412 e. The lowest BCUT2D eigenvalue weighted by Crippen LogP contribution is -2.27. The van der Waals surface area contributed by atoms with Gasteiger partial charge in [0.2, 0.25) is 0 Å². The zero-order chi connectivity index (χ0) is 14.4. The Bertz CT molecular complexity index is 153. The van der Waals surface area contributed by atoms with Gasteiger partial charge in [-0.25, -0.2) is 0 Å². The van der Waals surface area contributed by atoms with Crippen LogP contribution in [0.2, 0.25) is 0 Å². The molecule has 3 atom stereocenters. The lowest BCUT2D eigenvalue weighted by molar-refractivity contribution is -0.0456. The van der Waals surface area contributed by atoms with E-state index in [4.69, 9.17) is 14.9 Å². The molecule has 3 unspecified atom stereocenters. The van der Waals surface area contributed by atoms with Crippen LogP contribution in [-0.2, 0) is 4.74 Å². The second-order valence-corrected chi connectivity index (χ2v) is 4.77. The third-order valence-corrected chi connectivity index (χ3v) is 2.62. The van der Waals surface area contributed by atoms with E-state index in [1.54, 1.807) is 0 Å². The summed E-state index contributed by atoms with van der Waals surface area (Å²) >= 11 is 0. The molecule has 1 aliphatic rings. The molecule has 1 fully saturated rings. The lowest BCUT2D eigenvalue weighted by atomic mass is 9.89. The van der Waals surface area contributed by atoms with Crippen LogP contribution in [0.3, 0.4) is 0 Å². The van der Waals surface area contributed by atoms with Gasteiger partial charge in [0.25, 0.3) is 0 Å². The highest BCUT2D eigenvalue weighted by Gasteiger charge is 2.19. The molecule has 0 aromatic carbocycles. The Kier molecular flexibility index (Phi) is 22.4. The van der Waals surface area contributed by atoms with Gasteiger partial charge in [0, 0.05) is 0 Å². The number of aliphatic hydroxyl groups is 2. The molecule has 0 saturated heterocycles. The Hall–Kier alpha value is -0.160. The van der Waals surface area contributed by atoms with Crippen molar-refractivity contribution in [3.63, 3.8) is 0 Å². The van der Waals surface area contributed by atoms with Crippen LogP contribution in [0.1, 0.15) is 66.7 Å². The van der Waals surface area contributed by atoms with Gasteiger partial charge in [0.15, 0.2) is 0 Å². The van der Waals surface area contributed by atoms with Gasteiger partial charge in [0.05, 0.1) is 19.3 Å². The molecule has 1 saturated carbocycles. The highest BCUT2D eigenvalue weighted by Crippen LogP contribution is 2.25. The van der Waals surface area contributed by atoms with Crippen LogP contribution < -0.4 is 0 Å². The highest BCUT2D eigenvalue weighted by molar-refractivity contribution is 4.70. The van der Waals surface area contributed by atoms with Crippen molar-refractivity contribution in [1.82, 2.24) is 0 Å². The smallest absolute Gasteiger partial charge is 0.100 e. The third kappa shape index (κ3) is 15.8. The lowest BCUT2D eigenvalue weighted by Gasteiger charge is -2.27. The van der Waals surface area contributed by atoms with Crippen molar-refractivity contribution >= 4 is 0 Å². The Morgan fingerprint density at radius 2 is 1.74 bits per heavy atom. The zero-order valence-electron chi connectivity index (χ0n) is 13.5. The molecule has 0 amide bonds. The van der Waals surface area contributed by atoms with Gasteiger partial charge in [-0.05, 0) is 18.8 Å². The van der Waals surface area contributed by atoms with Crippen molar-refractivity contribution in [2.24, 2.45) is 5.92 Å². The van der Waals surface area contributed by atoms with Crippen LogP contribution in [0.4, 0.5) is 0 Å². The molecular formula is C15H36O4. The minimum absolute atomic E-state index is 0. The molecule has 120 valence electrons. The molecule has 0 aromatic rings. The van der Waals surface area contributed by atoms with Crippen molar-refractivity contribution in [2.75, 3.05) is 13.2 Å². The van der Waals surface area contributed by atoms with E-state index in [0.717, 1.165) is 18.8 Å². The van der Waals surface area contributed by atoms with E-state index in [9.17, 15) is 0 Å². The fourth-order valence-electron chi connectivity index (χ4n) is 1.83. The Morgan fingerprint density at radius 3 is 2.16 bits per heavy atom. The summed E-state index contributed by atoms with van der Waals surface area (Å²) in [6, 6.07) is 0. The van der Waals surface area contributed by atoms with Gasteiger partial charge in [-0.3, -0.25) is 0 Å². The third-order valence-electron chi connectivity index (χ3n) is 2.62. The van der Waals surface area contributed by atoms with Crippen molar-refractivity contribution < 1.29 is 20.4 Å². The number of hydrogen-bond acceptors (Lipinski definition) is 3. The standard InChI is InChI=1S/C10H20O3.C3H8.C2H6.H2O/c1-8-3-2-4-10(5-8)13-7-9(12)6-11;1-3-2;1-2;/h8-12H,2-7H2,1H3;3H2,1-2H3;1-2H3;1H2. The summed E-state index contributed by atoms with van der Waals surface area (Å²) in [4.78, 5) is 0. The molecule has 0 radical (unpaired) electrons. The van der Waals surface area contributed by atoms with Crippen LogP contribution in [0.5, 0.6) is 0 Å². The normalized spacial score (nSPS) is 22.9. The minimum atomic E-state index is -0.711. The van der Waals surface area contributed by atoms with Crippen molar-refractivity contribution in [3.8, 4) is 0 Å². The predicted octanol–water partition coefficient (Wildman–Crippen LogP) is 2.55. The molecule has 0 aliphatic heterocycles. The van der Waals surface area contributed by atoms with E-state index in [2.05, 4.69) is 20.8 Å². The molecule has 19 heavy (non-hydrogen) atoms. The van der Waals surface area contributed by atoms with Crippen molar-refractivity contribution in [2.45, 2.75) is 78.9 Å². The van der Waals surface area contributed by atoms with E-state index >= 15 is 0 Å². The Morgan fingerprint density at radius 1 is 1.21 bits per heavy atom. The maximum absolute atomic E-state index is 9.08. The van der Waals surface area contributed by atoms with Crippen LogP contribution in [0, 0.1) is 5.92 Å². The summed E-state index contributed by atoms with van der Waals surface area (Å²) < 4.78 is 5.50. The molecule has 0 spiro atoms. The monoisotopic (exact) mass is 280 g/mol. The maximum Gasteiger partial charge on any atom is 0.100 e. The van der Waals surface area contributed by atoms with Crippen molar-refractivity contribution in [1.29, 1.82) is 0 Å². The first-order valence-corrected chi connectivity index (χ1v) is 7.54. The second-order valence-electron chi connectivity index (χ2n) is 4.77. The average molecular weight is 280 g/mol. The first-order chi connectivity index (χ1) is 8.63. The van der Waals surface area contributed by atoms with Gasteiger partial charge in [-0.1, -0.05) is 53.9 Å². The SMILES string of the molecule is CC.CC1CCCC(OCC(O)CO)C1.CCC.O. The molecule has 0 aromatic heterocycles. The van der Waals surface area contributed by atoms with Crippen LogP contribution in [0.15, 0.2) is 0 Å². The molecule has 0 heterocycles. The molecule has 4 heteroatoms. The van der Waals surface area contributed by atoms with E-state index in [0.29, 0.717) is 6.10 Å². The van der Waals surface area contributed by atoms with Gasteiger partial charge < -0.3 is 20.4 Å². The van der Waals surface area contributed by atoms with E-state index < -0.39 is 6.10 Å². The number of hydrogen-bond donors (Lipinski definition) is 2. The topological polar surface area (TPSA) is 81.2 Å². The molecular weight excluding hydrogens is 244 g/mol. The van der Waals surface area contributed by atoms with Crippen LogP contribution in [0.25, 0.3) is 0 Å². The van der Waals surface area contributed by atoms with E-state index in [1.807, 2.05) is 13.8 Å². The first-order valence-electron chi connectivity index (χ1n) is 7.54. The highest BCUT2D eigenvalue weighted by atomic mass is 16.5. The number of rotatable bonds is 4. The van der Waals surface area contributed by atoms with E-state index in [1.165, 1.54) is 19.3 Å². The van der Waals surface area contributed by atoms with Gasteiger partial charge >= 0.3 is 0 Å². The first kappa shape index (κ1) is 23.9. The van der Waals surface area contributed by atoms with Crippen LogP contribution >= 0.6 is 0 Å². The van der Waals surface area contributed by atoms with Gasteiger partial charge in [-0.15, -0.1) is 0 Å². The average Bonchev–Trinajstić information content (AvgIpc) is 2.39. The zero-order valence-corrected chi connectivity index (χ0v) is 13.5. The Balaban J connectivity index is -0.000000376. The van der Waals surface area contributed by atoms with Gasteiger partial charge in [0.1, 0.15) is 6.10 Å². The summed E-state index contributed by atoms with van der Waals surface area (Å²) in [5.41, 5.74) is 0.